The number of carboxylic acid groups (broad SMARTS) is 1. The number of benzene rings is 1. The van der Waals surface area contributed by atoms with Gasteiger partial charge in [0.25, 0.3) is 0 Å². The van der Waals surface area contributed by atoms with E-state index in [0.29, 0.717) is 16.9 Å². The molecule has 0 fully saturated rings. The van der Waals surface area contributed by atoms with Crippen LogP contribution in [0.4, 0.5) is 4.39 Å². The number of halogens is 1. The largest absolute Gasteiger partial charge is 0.496 e. The molecule has 1 aromatic rings. The molecule has 3 N–H and O–H groups in total. The van der Waals surface area contributed by atoms with Crippen LogP contribution in [0.1, 0.15) is 36.8 Å². The van der Waals surface area contributed by atoms with Crippen molar-refractivity contribution in [2.45, 2.75) is 25.7 Å². The number of ether oxygens (including phenoxy) is 1. The molecule has 5 heteroatoms. The first-order valence-corrected chi connectivity index (χ1v) is 5.72. The van der Waals surface area contributed by atoms with Gasteiger partial charge in [0.1, 0.15) is 11.6 Å². The van der Waals surface area contributed by atoms with Crippen LogP contribution in [-0.2, 0) is 4.79 Å². The van der Waals surface area contributed by atoms with Crippen LogP contribution < -0.4 is 10.5 Å². The molecule has 1 unspecified atom stereocenters. The maximum atomic E-state index is 13.5. The summed E-state index contributed by atoms with van der Waals surface area (Å²) in [5.74, 6) is -2.13. The average Bonchev–Trinajstić information content (AvgIpc) is 2.27. The van der Waals surface area contributed by atoms with E-state index < -0.39 is 17.7 Å². The maximum Gasteiger partial charge on any atom is 0.312 e. The summed E-state index contributed by atoms with van der Waals surface area (Å²) in [4.78, 5) is 11.2. The van der Waals surface area contributed by atoms with Crippen molar-refractivity contribution in [1.29, 1.82) is 0 Å². The first kappa shape index (κ1) is 14.4. The molecule has 100 valence electrons. The molecule has 1 atom stereocenters. The van der Waals surface area contributed by atoms with Crippen molar-refractivity contribution < 1.29 is 19.0 Å². The summed E-state index contributed by atoms with van der Waals surface area (Å²) in [5, 5.41) is 9.14. The van der Waals surface area contributed by atoms with Crippen molar-refractivity contribution in [3.63, 3.8) is 0 Å². The van der Waals surface area contributed by atoms with Crippen molar-refractivity contribution in [3.8, 4) is 5.75 Å². The van der Waals surface area contributed by atoms with Crippen molar-refractivity contribution in [1.82, 2.24) is 0 Å². The van der Waals surface area contributed by atoms with Crippen LogP contribution >= 0.6 is 0 Å². The van der Waals surface area contributed by atoms with Gasteiger partial charge in [-0.1, -0.05) is 13.8 Å². The third-order valence-corrected chi connectivity index (χ3v) is 2.85. The Morgan fingerprint density at radius 1 is 1.50 bits per heavy atom. The molecular weight excluding hydrogens is 237 g/mol. The van der Waals surface area contributed by atoms with Gasteiger partial charge in [-0.3, -0.25) is 4.79 Å². The highest BCUT2D eigenvalue weighted by molar-refractivity contribution is 5.77. The number of hydrogen-bond acceptors (Lipinski definition) is 3. The summed E-state index contributed by atoms with van der Waals surface area (Å²) < 4.78 is 18.6. The van der Waals surface area contributed by atoms with Crippen molar-refractivity contribution in [3.05, 3.63) is 29.1 Å². The predicted molar refractivity (Wildman–Crippen MR) is 66.5 cm³/mol. The Bertz CT molecular complexity index is 446. The fraction of sp³-hybridized carbons (Fsp3) is 0.462. The second kappa shape index (κ2) is 5.82. The molecule has 0 spiro atoms. The maximum absolute atomic E-state index is 13.5. The van der Waals surface area contributed by atoms with Gasteiger partial charge >= 0.3 is 5.97 Å². The van der Waals surface area contributed by atoms with E-state index in [1.807, 2.05) is 13.8 Å². The second-order valence-electron chi connectivity index (χ2n) is 4.39. The van der Waals surface area contributed by atoms with Gasteiger partial charge in [-0.2, -0.15) is 0 Å². The molecule has 0 aromatic heterocycles. The minimum atomic E-state index is -1.06. The van der Waals surface area contributed by atoms with Gasteiger partial charge in [0.05, 0.1) is 13.0 Å². The number of hydrogen-bond donors (Lipinski definition) is 2. The van der Waals surface area contributed by atoms with Gasteiger partial charge in [0.15, 0.2) is 0 Å². The van der Waals surface area contributed by atoms with E-state index in [2.05, 4.69) is 0 Å². The Balaban J connectivity index is 3.49. The number of carbonyl (C=O) groups is 1. The summed E-state index contributed by atoms with van der Waals surface area (Å²) in [6.07, 6.45) is 0. The fourth-order valence-electron chi connectivity index (χ4n) is 2.05. The Kier molecular flexibility index (Phi) is 4.67. The van der Waals surface area contributed by atoms with Gasteiger partial charge in [0, 0.05) is 18.2 Å². The Morgan fingerprint density at radius 2 is 2.11 bits per heavy atom. The highest BCUT2D eigenvalue weighted by Gasteiger charge is 2.25. The lowest BCUT2D eigenvalue weighted by Gasteiger charge is -2.20. The highest BCUT2D eigenvalue weighted by atomic mass is 19.1. The quantitative estimate of drug-likeness (QED) is 0.845. The number of aliphatic carboxylic acids is 1. The molecule has 0 amide bonds. The summed E-state index contributed by atoms with van der Waals surface area (Å²) in [6, 6.07) is 2.48. The number of nitrogens with two attached hydrogens (primary N) is 1. The zero-order valence-electron chi connectivity index (χ0n) is 10.7. The van der Waals surface area contributed by atoms with E-state index >= 15 is 0 Å². The van der Waals surface area contributed by atoms with Crippen LogP contribution in [0.25, 0.3) is 0 Å². The molecule has 0 saturated carbocycles. The van der Waals surface area contributed by atoms with Crippen LogP contribution in [0.2, 0.25) is 0 Å². The lowest BCUT2D eigenvalue weighted by Crippen LogP contribution is -2.23. The topological polar surface area (TPSA) is 72.5 Å². The lowest BCUT2D eigenvalue weighted by atomic mass is 9.88. The summed E-state index contributed by atoms with van der Waals surface area (Å²) in [5.41, 5.74) is 6.55. The lowest BCUT2D eigenvalue weighted by molar-refractivity contribution is -0.138. The average molecular weight is 255 g/mol. The van der Waals surface area contributed by atoms with E-state index in [1.54, 1.807) is 0 Å². The van der Waals surface area contributed by atoms with Gasteiger partial charge in [0.2, 0.25) is 0 Å². The van der Waals surface area contributed by atoms with E-state index in [-0.39, 0.29) is 12.5 Å². The van der Waals surface area contributed by atoms with Gasteiger partial charge < -0.3 is 15.6 Å². The van der Waals surface area contributed by atoms with Crippen molar-refractivity contribution >= 4 is 5.97 Å². The number of carboxylic acids is 1. The minimum Gasteiger partial charge on any atom is -0.496 e. The van der Waals surface area contributed by atoms with E-state index in [9.17, 15) is 9.18 Å². The van der Waals surface area contributed by atoms with Crippen LogP contribution in [0.15, 0.2) is 12.1 Å². The molecule has 18 heavy (non-hydrogen) atoms. The van der Waals surface area contributed by atoms with E-state index in [1.165, 1.54) is 19.2 Å². The zero-order chi connectivity index (χ0) is 13.9. The second-order valence-corrected chi connectivity index (χ2v) is 4.39. The molecule has 0 radical (unpaired) electrons. The third kappa shape index (κ3) is 2.79. The monoisotopic (exact) mass is 255 g/mol. The Labute approximate surface area is 106 Å². The summed E-state index contributed by atoms with van der Waals surface area (Å²) in [6.45, 7) is 3.71. The molecule has 0 aliphatic heterocycles. The fourth-order valence-corrected chi connectivity index (χ4v) is 2.05. The number of rotatable bonds is 5. The molecule has 0 heterocycles. The van der Waals surface area contributed by atoms with Crippen molar-refractivity contribution in [2.24, 2.45) is 5.73 Å². The van der Waals surface area contributed by atoms with Crippen LogP contribution in [0.3, 0.4) is 0 Å². The molecule has 0 saturated heterocycles. The summed E-state index contributed by atoms with van der Waals surface area (Å²) >= 11 is 0. The first-order valence-electron chi connectivity index (χ1n) is 5.72. The SMILES string of the molecule is COc1cc(F)cc(C(CN)C(=O)O)c1C(C)C. The predicted octanol–water partition coefficient (Wildman–Crippen LogP) is 2.08. The number of methoxy groups -OCH3 is 1. The van der Waals surface area contributed by atoms with Crippen molar-refractivity contribution in [2.75, 3.05) is 13.7 Å². The standard InChI is InChI=1S/C13H18FNO3/c1-7(2)12-9(10(6-15)13(16)17)4-8(14)5-11(12)18-3/h4-5,7,10H,6,15H2,1-3H3,(H,16,17). The highest BCUT2D eigenvalue weighted by Crippen LogP contribution is 2.35. The Morgan fingerprint density at radius 3 is 2.50 bits per heavy atom. The molecule has 1 aromatic carbocycles. The summed E-state index contributed by atoms with van der Waals surface area (Å²) in [7, 11) is 1.43. The third-order valence-electron chi connectivity index (χ3n) is 2.85. The zero-order valence-corrected chi connectivity index (χ0v) is 10.7. The smallest absolute Gasteiger partial charge is 0.312 e. The van der Waals surface area contributed by atoms with E-state index in [4.69, 9.17) is 15.6 Å². The molecular formula is C13H18FNO3. The molecule has 1 rings (SSSR count). The van der Waals surface area contributed by atoms with Gasteiger partial charge in [-0.25, -0.2) is 4.39 Å². The van der Waals surface area contributed by atoms with E-state index in [0.717, 1.165) is 0 Å². The molecule has 4 nitrogen and oxygen atoms in total. The Hall–Kier alpha value is -1.62. The normalized spacial score (nSPS) is 12.6. The molecule has 0 aliphatic carbocycles. The first-order chi connectivity index (χ1) is 8.42. The molecule has 0 aliphatic rings. The van der Waals surface area contributed by atoms with Gasteiger partial charge in [-0.15, -0.1) is 0 Å². The van der Waals surface area contributed by atoms with Gasteiger partial charge in [-0.05, 0) is 17.5 Å². The van der Waals surface area contributed by atoms with Crippen LogP contribution in [-0.4, -0.2) is 24.7 Å². The molecule has 0 bridgehead atoms. The van der Waals surface area contributed by atoms with Crippen LogP contribution in [0, 0.1) is 5.82 Å². The minimum absolute atomic E-state index is 0.0175. The van der Waals surface area contributed by atoms with Crippen LogP contribution in [0.5, 0.6) is 5.75 Å².